The first-order chi connectivity index (χ1) is 18.7. The molecule has 2 N–H and O–H groups in total. The molecule has 1 aliphatic heterocycles. The number of likely N-dealkylation sites (N-methyl/N-ethyl adjacent to an activating group) is 1. The molecular formula is C25H36F5N7O4. The van der Waals surface area contributed by atoms with Crippen molar-refractivity contribution in [2.24, 2.45) is 0 Å². The van der Waals surface area contributed by atoms with E-state index in [1.54, 1.807) is 48.6 Å². The number of carbonyl (C=O) groups excluding carboxylic acids is 3. The molecule has 2 aromatic heterocycles. The summed E-state index contributed by atoms with van der Waals surface area (Å²) in [7, 11) is 1.59. The van der Waals surface area contributed by atoms with Gasteiger partial charge in [0.15, 0.2) is 5.69 Å². The molecule has 1 atom stereocenters. The molecule has 2 aromatic rings. The van der Waals surface area contributed by atoms with Crippen LogP contribution >= 0.6 is 0 Å². The Kier molecular flexibility index (Phi) is 10.5. The molecule has 3 heterocycles. The summed E-state index contributed by atoms with van der Waals surface area (Å²) < 4.78 is 70.1. The number of nitrogens with zero attached hydrogens (tertiary/aromatic N) is 5. The van der Waals surface area contributed by atoms with Gasteiger partial charge in [-0.1, -0.05) is 0 Å². The van der Waals surface area contributed by atoms with Crippen LogP contribution in [0.2, 0.25) is 0 Å². The number of likely N-dealkylation sites (tertiary alicyclic amines) is 1. The van der Waals surface area contributed by atoms with E-state index in [1.165, 1.54) is 21.9 Å². The second-order valence-electron chi connectivity index (χ2n) is 11.3. The Bertz CT molecular complexity index is 1220. The number of halogens is 5. The fraction of sp³-hybridized carbons (Fsp3) is 0.640. The van der Waals surface area contributed by atoms with E-state index in [-0.39, 0.29) is 24.7 Å². The monoisotopic (exact) mass is 593 g/mol. The molecule has 0 aliphatic carbocycles. The second-order valence-corrected chi connectivity index (χ2v) is 11.3. The predicted octanol–water partition coefficient (Wildman–Crippen LogP) is 3.85. The quantitative estimate of drug-likeness (QED) is 0.471. The molecule has 1 fully saturated rings. The van der Waals surface area contributed by atoms with Crippen LogP contribution in [0.25, 0.3) is 0 Å². The highest BCUT2D eigenvalue weighted by molar-refractivity contribution is 5.83. The average molecular weight is 594 g/mol. The number of alkyl halides is 5. The largest absolute Gasteiger partial charge is 0.444 e. The minimum atomic E-state index is -4.67. The zero-order valence-electron chi connectivity index (χ0n) is 24.0. The van der Waals surface area contributed by atoms with Crippen LogP contribution in [0.1, 0.15) is 70.7 Å². The Morgan fingerprint density at radius 1 is 1.15 bits per heavy atom. The van der Waals surface area contributed by atoms with Crippen molar-refractivity contribution >= 4 is 17.9 Å². The molecule has 11 nitrogen and oxygen atoms in total. The van der Waals surface area contributed by atoms with E-state index in [0.717, 1.165) is 11.8 Å². The molecule has 0 aromatic carbocycles. The molecule has 41 heavy (non-hydrogen) atoms. The number of hydrogen-bond donors (Lipinski definition) is 2. The van der Waals surface area contributed by atoms with Crippen LogP contribution < -0.4 is 10.6 Å². The summed E-state index contributed by atoms with van der Waals surface area (Å²) in [6, 6.07) is -0.779. The number of amides is 3. The van der Waals surface area contributed by atoms with Crippen molar-refractivity contribution in [2.75, 3.05) is 20.1 Å². The first-order valence-electron chi connectivity index (χ1n) is 12.7. The highest BCUT2D eigenvalue weighted by Gasteiger charge is 2.39. The number of imidazole rings is 1. The summed E-state index contributed by atoms with van der Waals surface area (Å²) in [4.78, 5) is 41.5. The number of rotatable bonds is 7. The molecule has 3 amide bonds. The molecule has 1 unspecified atom stereocenters. The van der Waals surface area contributed by atoms with Crippen LogP contribution in [0.3, 0.4) is 0 Å². The lowest BCUT2D eigenvalue weighted by Gasteiger charge is -2.27. The van der Waals surface area contributed by atoms with Gasteiger partial charge in [0.1, 0.15) is 24.0 Å². The Morgan fingerprint density at radius 2 is 1.78 bits per heavy atom. The molecule has 230 valence electrons. The first kappa shape index (κ1) is 33.5. The van der Waals surface area contributed by atoms with Crippen LogP contribution in [0, 0.1) is 6.92 Å². The summed E-state index contributed by atoms with van der Waals surface area (Å²) in [5.74, 6) is -0.802. The topological polar surface area (TPSA) is 123 Å². The smallest absolute Gasteiger partial charge is 0.434 e. The van der Waals surface area contributed by atoms with Gasteiger partial charge in [0.2, 0.25) is 11.8 Å². The van der Waals surface area contributed by atoms with E-state index in [2.05, 4.69) is 20.7 Å². The van der Waals surface area contributed by atoms with Crippen LogP contribution in [0.5, 0.6) is 0 Å². The third kappa shape index (κ3) is 10.3. The Balaban J connectivity index is 0.000000553. The van der Waals surface area contributed by atoms with Gasteiger partial charge >= 0.3 is 18.8 Å². The van der Waals surface area contributed by atoms with Gasteiger partial charge in [-0.2, -0.15) is 27.1 Å². The van der Waals surface area contributed by atoms with Crippen molar-refractivity contribution in [1.29, 1.82) is 0 Å². The maximum atomic E-state index is 13.3. The van der Waals surface area contributed by atoms with Crippen LogP contribution in [-0.4, -0.2) is 73.4 Å². The maximum absolute atomic E-state index is 13.3. The fourth-order valence-corrected chi connectivity index (χ4v) is 3.90. The number of aryl methyl sites for hydroxylation is 1. The number of alkyl carbamates (subject to hydrolysis) is 1. The summed E-state index contributed by atoms with van der Waals surface area (Å²) in [6.45, 7) is 7.54. The van der Waals surface area contributed by atoms with E-state index in [9.17, 15) is 36.3 Å². The standard InChI is InChI=1S/C20H30F3N5O4.C5H6F2N2/c1-18(2,3)32-17(31)24-10-15(29)26-19(4,5)9-14-25-13(20(21,22)23)11-28(14)12-7-8-27(6)16(12)30;1-4-2-8-9(3-4)5(6)7/h11-12H,7-10H2,1-6H3,(H,24,31)(H,26,29);2-3,5H,1H3. The Labute approximate surface area is 234 Å². The average Bonchev–Trinajstić information content (AvgIpc) is 3.50. The van der Waals surface area contributed by atoms with Gasteiger partial charge in [0.05, 0.1) is 6.20 Å². The van der Waals surface area contributed by atoms with Crippen LogP contribution in [0.4, 0.5) is 26.7 Å². The van der Waals surface area contributed by atoms with Crippen molar-refractivity contribution in [3.05, 3.63) is 35.7 Å². The third-order valence-corrected chi connectivity index (χ3v) is 5.63. The summed E-state index contributed by atoms with van der Waals surface area (Å²) in [5, 5.41) is 8.37. The predicted molar refractivity (Wildman–Crippen MR) is 137 cm³/mol. The highest BCUT2D eigenvalue weighted by Crippen LogP contribution is 2.32. The molecule has 0 bridgehead atoms. The zero-order valence-corrected chi connectivity index (χ0v) is 24.0. The van der Waals surface area contributed by atoms with Gasteiger partial charge in [0, 0.05) is 37.9 Å². The molecule has 3 rings (SSSR count). The van der Waals surface area contributed by atoms with Gasteiger partial charge in [0.25, 0.3) is 0 Å². The van der Waals surface area contributed by atoms with Crippen molar-refractivity contribution in [3.8, 4) is 0 Å². The molecule has 1 aliphatic rings. The Morgan fingerprint density at radius 3 is 2.22 bits per heavy atom. The summed E-state index contributed by atoms with van der Waals surface area (Å²) >= 11 is 0. The summed E-state index contributed by atoms with van der Waals surface area (Å²) in [5.41, 5.74) is -2.08. The van der Waals surface area contributed by atoms with E-state index in [0.29, 0.717) is 17.6 Å². The molecular weight excluding hydrogens is 557 g/mol. The normalized spacial score (nSPS) is 16.0. The molecule has 1 saturated heterocycles. The lowest BCUT2D eigenvalue weighted by atomic mass is 9.99. The van der Waals surface area contributed by atoms with Crippen molar-refractivity contribution in [3.63, 3.8) is 0 Å². The van der Waals surface area contributed by atoms with Gasteiger partial charge in [-0.05, 0) is 53.5 Å². The zero-order chi connectivity index (χ0) is 31.3. The fourth-order valence-electron chi connectivity index (χ4n) is 3.90. The Hall–Kier alpha value is -3.72. The first-order valence-corrected chi connectivity index (χ1v) is 12.7. The number of nitrogens with one attached hydrogen (secondary N) is 2. The number of hydrogen-bond acceptors (Lipinski definition) is 6. The second kappa shape index (κ2) is 12.9. The van der Waals surface area contributed by atoms with E-state index in [4.69, 9.17) is 4.74 Å². The molecule has 0 saturated carbocycles. The lowest BCUT2D eigenvalue weighted by Crippen LogP contribution is -2.49. The van der Waals surface area contributed by atoms with E-state index >= 15 is 0 Å². The molecule has 16 heteroatoms. The molecule has 0 radical (unpaired) electrons. The van der Waals surface area contributed by atoms with E-state index < -0.39 is 47.6 Å². The third-order valence-electron chi connectivity index (χ3n) is 5.63. The number of ether oxygens (including phenoxy) is 1. The molecule has 0 spiro atoms. The minimum absolute atomic E-state index is 0.0383. The minimum Gasteiger partial charge on any atom is -0.444 e. The van der Waals surface area contributed by atoms with Crippen molar-refractivity contribution in [2.45, 2.75) is 84.3 Å². The number of aromatic nitrogens is 4. The van der Waals surface area contributed by atoms with Gasteiger partial charge in [-0.25, -0.2) is 14.5 Å². The van der Waals surface area contributed by atoms with Crippen LogP contribution in [0.15, 0.2) is 18.6 Å². The van der Waals surface area contributed by atoms with Crippen molar-refractivity contribution < 1.29 is 41.1 Å². The summed E-state index contributed by atoms with van der Waals surface area (Å²) in [6.07, 6.45) is -1.59. The van der Waals surface area contributed by atoms with Crippen molar-refractivity contribution in [1.82, 2.24) is 34.9 Å². The van der Waals surface area contributed by atoms with Gasteiger partial charge in [-0.3, -0.25) is 9.59 Å². The number of carbonyl (C=O) groups is 3. The van der Waals surface area contributed by atoms with E-state index in [1.807, 2.05) is 0 Å². The van der Waals surface area contributed by atoms with Gasteiger partial charge < -0.3 is 24.8 Å². The SMILES string of the molecule is CN1CCC(n2cc(C(F)(F)F)nc2CC(C)(C)NC(=O)CNC(=O)OC(C)(C)C)C1=O.Cc1cnn(C(F)F)c1. The highest BCUT2D eigenvalue weighted by atomic mass is 19.4. The van der Waals surface area contributed by atoms with Crippen LogP contribution in [-0.2, 0) is 26.9 Å². The van der Waals surface area contributed by atoms with Gasteiger partial charge in [-0.15, -0.1) is 0 Å². The lowest BCUT2D eigenvalue weighted by molar-refractivity contribution is -0.141. The maximum Gasteiger partial charge on any atom is 0.434 e.